The van der Waals surface area contributed by atoms with Crippen LogP contribution in [-0.2, 0) is 4.74 Å². The van der Waals surface area contributed by atoms with Crippen molar-refractivity contribution < 1.29 is 9.84 Å². The summed E-state index contributed by atoms with van der Waals surface area (Å²) in [6.07, 6.45) is 4.81. The van der Waals surface area contributed by atoms with Crippen molar-refractivity contribution in [2.24, 2.45) is 11.8 Å². The maximum Gasteiger partial charge on any atom is 0.0897 e. The van der Waals surface area contributed by atoms with Gasteiger partial charge in [0.1, 0.15) is 0 Å². The minimum absolute atomic E-state index is 0.334. The summed E-state index contributed by atoms with van der Waals surface area (Å²) in [7, 11) is 0. The number of hydrogen-bond donors (Lipinski definition) is 2. The molecule has 88 valence electrons. The van der Waals surface area contributed by atoms with E-state index in [-0.39, 0.29) is 6.10 Å². The SMILES string of the molecule is CC1CC(NCC(O)COCC2CC2)C1. The van der Waals surface area contributed by atoms with Gasteiger partial charge in [0.15, 0.2) is 0 Å². The number of aliphatic hydroxyl groups excluding tert-OH is 1. The lowest BCUT2D eigenvalue weighted by Crippen LogP contribution is -2.44. The molecule has 0 radical (unpaired) electrons. The zero-order valence-electron chi connectivity index (χ0n) is 9.61. The average Bonchev–Trinajstić information content (AvgIpc) is 2.94. The van der Waals surface area contributed by atoms with E-state index in [0.717, 1.165) is 18.4 Å². The molecule has 1 unspecified atom stereocenters. The zero-order valence-corrected chi connectivity index (χ0v) is 9.61. The number of aliphatic hydroxyl groups is 1. The van der Waals surface area contributed by atoms with E-state index < -0.39 is 0 Å². The lowest BCUT2D eigenvalue weighted by atomic mass is 9.82. The lowest BCUT2D eigenvalue weighted by Gasteiger charge is -2.34. The Kier molecular flexibility index (Phi) is 4.00. The summed E-state index contributed by atoms with van der Waals surface area (Å²) in [5.74, 6) is 1.66. The molecular formula is C12H23NO2. The van der Waals surface area contributed by atoms with Gasteiger partial charge in [-0.1, -0.05) is 6.92 Å². The van der Waals surface area contributed by atoms with E-state index in [4.69, 9.17) is 4.74 Å². The summed E-state index contributed by atoms with van der Waals surface area (Å²) >= 11 is 0. The van der Waals surface area contributed by atoms with Crippen molar-refractivity contribution in [2.75, 3.05) is 19.8 Å². The van der Waals surface area contributed by atoms with Gasteiger partial charge in [0.25, 0.3) is 0 Å². The van der Waals surface area contributed by atoms with Gasteiger partial charge in [0.2, 0.25) is 0 Å². The number of ether oxygens (including phenoxy) is 1. The fourth-order valence-corrected chi connectivity index (χ4v) is 2.09. The highest BCUT2D eigenvalue weighted by molar-refractivity contribution is 4.82. The molecule has 0 aromatic heterocycles. The molecule has 3 heteroatoms. The Balaban J connectivity index is 1.43. The molecule has 1 atom stereocenters. The van der Waals surface area contributed by atoms with Crippen molar-refractivity contribution in [3.8, 4) is 0 Å². The van der Waals surface area contributed by atoms with Gasteiger partial charge in [-0.05, 0) is 37.5 Å². The second kappa shape index (κ2) is 5.28. The van der Waals surface area contributed by atoms with Crippen LogP contribution in [-0.4, -0.2) is 37.0 Å². The summed E-state index contributed by atoms with van der Waals surface area (Å²) in [5, 5.41) is 13.0. The third-order valence-electron chi connectivity index (χ3n) is 3.38. The van der Waals surface area contributed by atoms with Gasteiger partial charge < -0.3 is 15.2 Å². The first-order valence-electron chi connectivity index (χ1n) is 6.23. The molecule has 2 N–H and O–H groups in total. The van der Waals surface area contributed by atoms with Crippen molar-refractivity contribution in [1.29, 1.82) is 0 Å². The standard InChI is InChI=1S/C12H23NO2/c1-9-4-11(5-9)13-6-12(14)8-15-7-10-2-3-10/h9-14H,2-8H2,1H3. The molecule has 3 nitrogen and oxygen atoms in total. The molecule has 2 saturated carbocycles. The van der Waals surface area contributed by atoms with E-state index in [1.165, 1.54) is 25.7 Å². The summed E-state index contributed by atoms with van der Waals surface area (Å²) < 4.78 is 5.43. The topological polar surface area (TPSA) is 41.5 Å². The lowest BCUT2D eigenvalue weighted by molar-refractivity contribution is 0.0286. The smallest absolute Gasteiger partial charge is 0.0897 e. The predicted octanol–water partition coefficient (Wildman–Crippen LogP) is 1.16. The molecule has 0 aliphatic heterocycles. The molecule has 0 aromatic rings. The van der Waals surface area contributed by atoms with Crippen LogP contribution >= 0.6 is 0 Å². The largest absolute Gasteiger partial charge is 0.389 e. The van der Waals surface area contributed by atoms with Gasteiger partial charge in [-0.25, -0.2) is 0 Å². The summed E-state index contributed by atoms with van der Waals surface area (Å²) in [4.78, 5) is 0. The van der Waals surface area contributed by atoms with Gasteiger partial charge in [0.05, 0.1) is 12.7 Å². The quantitative estimate of drug-likeness (QED) is 0.667. The van der Waals surface area contributed by atoms with Gasteiger partial charge in [-0.2, -0.15) is 0 Å². The van der Waals surface area contributed by atoms with Gasteiger partial charge in [0, 0.05) is 19.2 Å². The molecule has 0 bridgehead atoms. The molecule has 2 aliphatic rings. The first-order chi connectivity index (χ1) is 7.24. The minimum Gasteiger partial charge on any atom is -0.389 e. The summed E-state index contributed by atoms with van der Waals surface area (Å²) in [6, 6.07) is 0.637. The fraction of sp³-hybridized carbons (Fsp3) is 1.00. The van der Waals surface area contributed by atoms with Crippen LogP contribution in [0.3, 0.4) is 0 Å². The Hall–Kier alpha value is -0.120. The number of hydrogen-bond acceptors (Lipinski definition) is 3. The summed E-state index contributed by atoms with van der Waals surface area (Å²) in [6.45, 7) is 4.29. The Bertz CT molecular complexity index is 188. The molecule has 0 spiro atoms. The monoisotopic (exact) mass is 213 g/mol. The molecular weight excluding hydrogens is 190 g/mol. The van der Waals surface area contributed by atoms with Crippen LogP contribution < -0.4 is 5.32 Å². The van der Waals surface area contributed by atoms with Crippen LogP contribution in [0.4, 0.5) is 0 Å². The van der Waals surface area contributed by atoms with E-state index in [0.29, 0.717) is 19.2 Å². The van der Waals surface area contributed by atoms with Crippen LogP contribution in [0.5, 0.6) is 0 Å². The molecule has 2 rings (SSSR count). The van der Waals surface area contributed by atoms with Crippen LogP contribution in [0.2, 0.25) is 0 Å². The Labute approximate surface area is 92.2 Å². The Morgan fingerprint density at radius 1 is 1.40 bits per heavy atom. The fourth-order valence-electron chi connectivity index (χ4n) is 2.09. The molecule has 0 aromatic carbocycles. The highest BCUT2D eigenvalue weighted by Crippen LogP contribution is 2.28. The van der Waals surface area contributed by atoms with E-state index in [2.05, 4.69) is 12.2 Å². The van der Waals surface area contributed by atoms with Crippen molar-refractivity contribution in [3.05, 3.63) is 0 Å². The van der Waals surface area contributed by atoms with Crippen molar-refractivity contribution >= 4 is 0 Å². The van der Waals surface area contributed by atoms with E-state index >= 15 is 0 Å². The first-order valence-corrected chi connectivity index (χ1v) is 6.23. The Morgan fingerprint density at radius 2 is 2.13 bits per heavy atom. The third-order valence-corrected chi connectivity index (χ3v) is 3.38. The molecule has 0 saturated heterocycles. The third kappa shape index (κ3) is 4.09. The van der Waals surface area contributed by atoms with Gasteiger partial charge >= 0.3 is 0 Å². The molecule has 0 heterocycles. The Morgan fingerprint density at radius 3 is 2.73 bits per heavy atom. The van der Waals surface area contributed by atoms with Gasteiger partial charge in [-0.15, -0.1) is 0 Å². The number of nitrogens with one attached hydrogen (secondary N) is 1. The zero-order chi connectivity index (χ0) is 10.7. The first kappa shape index (κ1) is 11.4. The highest BCUT2D eigenvalue weighted by atomic mass is 16.5. The van der Waals surface area contributed by atoms with E-state index in [1.54, 1.807) is 0 Å². The van der Waals surface area contributed by atoms with Gasteiger partial charge in [-0.3, -0.25) is 0 Å². The van der Waals surface area contributed by atoms with Crippen molar-refractivity contribution in [1.82, 2.24) is 5.32 Å². The summed E-state index contributed by atoms with van der Waals surface area (Å²) in [5.41, 5.74) is 0. The second-order valence-electron chi connectivity index (χ2n) is 5.32. The van der Waals surface area contributed by atoms with Crippen LogP contribution in [0.25, 0.3) is 0 Å². The highest BCUT2D eigenvalue weighted by Gasteiger charge is 2.25. The van der Waals surface area contributed by atoms with E-state index in [1.807, 2.05) is 0 Å². The van der Waals surface area contributed by atoms with Crippen LogP contribution in [0.1, 0.15) is 32.6 Å². The van der Waals surface area contributed by atoms with Crippen LogP contribution in [0, 0.1) is 11.8 Å². The molecule has 2 aliphatic carbocycles. The predicted molar refractivity (Wildman–Crippen MR) is 59.7 cm³/mol. The maximum atomic E-state index is 9.63. The van der Waals surface area contributed by atoms with Crippen molar-refractivity contribution in [3.63, 3.8) is 0 Å². The number of rotatable bonds is 7. The van der Waals surface area contributed by atoms with Crippen LogP contribution in [0.15, 0.2) is 0 Å². The molecule has 15 heavy (non-hydrogen) atoms. The molecule has 0 amide bonds. The molecule has 2 fully saturated rings. The average molecular weight is 213 g/mol. The maximum absolute atomic E-state index is 9.63. The minimum atomic E-state index is -0.334. The van der Waals surface area contributed by atoms with E-state index in [9.17, 15) is 5.11 Å². The van der Waals surface area contributed by atoms with Crippen molar-refractivity contribution in [2.45, 2.75) is 44.8 Å². The second-order valence-corrected chi connectivity index (χ2v) is 5.32. The normalized spacial score (nSPS) is 32.4.